The van der Waals surface area contributed by atoms with Crippen LogP contribution in [0.1, 0.15) is 23.9 Å². The van der Waals surface area contributed by atoms with E-state index < -0.39 is 0 Å². The molecule has 0 saturated heterocycles. The Bertz CT molecular complexity index is 956. The summed E-state index contributed by atoms with van der Waals surface area (Å²) in [6.07, 6.45) is 0.777. The highest BCUT2D eigenvalue weighted by Gasteiger charge is 2.13. The molecule has 0 radical (unpaired) electrons. The monoisotopic (exact) mass is 448 g/mol. The van der Waals surface area contributed by atoms with Crippen LogP contribution in [0.5, 0.6) is 11.5 Å². The maximum absolute atomic E-state index is 5.98. The summed E-state index contributed by atoms with van der Waals surface area (Å²) in [6, 6.07) is 14.0. The number of aryl methyl sites for hydroxylation is 1. The van der Waals surface area contributed by atoms with E-state index in [0.717, 1.165) is 27.8 Å². The summed E-state index contributed by atoms with van der Waals surface area (Å²) in [7, 11) is 1.63. The lowest BCUT2D eigenvalue weighted by molar-refractivity contribution is 0.282. The minimum Gasteiger partial charge on any atom is -0.493 e. The van der Waals surface area contributed by atoms with E-state index in [1.54, 1.807) is 11.8 Å². The Morgan fingerprint density at radius 2 is 2.00 bits per heavy atom. The summed E-state index contributed by atoms with van der Waals surface area (Å²) in [4.78, 5) is 0. The van der Waals surface area contributed by atoms with Crippen LogP contribution in [0.4, 0.5) is 0 Å². The number of benzene rings is 2. The van der Waals surface area contributed by atoms with Gasteiger partial charge in [0.2, 0.25) is 4.77 Å². The minimum atomic E-state index is 0.470. The normalized spacial score (nSPS) is 10.6. The number of aromatic nitrogens is 3. The average Bonchev–Trinajstić information content (AvgIpc) is 3.05. The van der Waals surface area contributed by atoms with E-state index in [1.165, 1.54) is 0 Å². The molecule has 1 heterocycles. The Balaban J connectivity index is 1.75. The van der Waals surface area contributed by atoms with E-state index in [0.29, 0.717) is 29.4 Å². The molecule has 6 nitrogen and oxygen atoms in total. The van der Waals surface area contributed by atoms with Gasteiger partial charge in [-0.2, -0.15) is 5.10 Å². The third kappa shape index (κ3) is 4.70. The number of rotatable bonds is 8. The largest absolute Gasteiger partial charge is 0.493 e. The highest BCUT2D eigenvalue weighted by molar-refractivity contribution is 9.10. The number of hydrogen-bond donors (Lipinski definition) is 2. The van der Waals surface area contributed by atoms with Gasteiger partial charge in [-0.3, -0.25) is 5.10 Å². The molecule has 0 aliphatic carbocycles. The van der Waals surface area contributed by atoms with Crippen molar-refractivity contribution in [2.75, 3.05) is 12.5 Å². The van der Waals surface area contributed by atoms with E-state index in [2.05, 4.69) is 31.6 Å². The smallest absolute Gasteiger partial charge is 0.214 e. The lowest BCUT2D eigenvalue weighted by Gasteiger charge is -2.15. The van der Waals surface area contributed by atoms with Crippen molar-refractivity contribution >= 4 is 28.1 Å². The second-order valence-corrected chi connectivity index (χ2v) is 7.09. The fraction of sp³-hybridized carbons (Fsp3) is 0.263. The molecular formula is C19H21BrN4O2S. The Hall–Kier alpha value is -2.32. The van der Waals surface area contributed by atoms with Crippen molar-refractivity contribution in [3.8, 4) is 11.5 Å². The first-order valence-corrected chi connectivity index (χ1v) is 9.75. The van der Waals surface area contributed by atoms with Gasteiger partial charge in [0.15, 0.2) is 17.3 Å². The van der Waals surface area contributed by atoms with Crippen molar-refractivity contribution in [3.05, 3.63) is 68.7 Å². The first kappa shape index (κ1) is 19.4. The van der Waals surface area contributed by atoms with Crippen molar-refractivity contribution in [1.82, 2.24) is 14.9 Å². The molecule has 0 unspecified atom stereocenters. The molecule has 2 N–H and O–H groups in total. The molecule has 0 aliphatic rings. The Kier molecular flexibility index (Phi) is 6.52. The quantitative estimate of drug-likeness (QED) is 0.493. The number of nitrogens with zero attached hydrogens (tertiary/aromatic N) is 2. The van der Waals surface area contributed by atoms with Crippen LogP contribution in [0.2, 0.25) is 0 Å². The number of ether oxygens (including phenoxy) is 2. The molecule has 0 spiro atoms. The topological polar surface area (TPSA) is 64.1 Å². The van der Waals surface area contributed by atoms with Gasteiger partial charge in [0.05, 0.1) is 18.1 Å². The molecule has 0 amide bonds. The van der Waals surface area contributed by atoms with Gasteiger partial charge < -0.3 is 14.9 Å². The van der Waals surface area contributed by atoms with E-state index in [1.807, 2.05) is 49.4 Å². The van der Waals surface area contributed by atoms with Crippen LogP contribution in [-0.2, 0) is 19.6 Å². The third-order valence-electron chi connectivity index (χ3n) is 4.01. The van der Waals surface area contributed by atoms with Gasteiger partial charge in [-0.25, -0.2) is 4.68 Å². The summed E-state index contributed by atoms with van der Waals surface area (Å²) in [5, 5.41) is 6.99. The van der Waals surface area contributed by atoms with Crippen molar-refractivity contribution in [2.45, 2.75) is 26.5 Å². The van der Waals surface area contributed by atoms with Gasteiger partial charge in [0.1, 0.15) is 6.61 Å². The molecule has 0 bridgehead atoms. The average molecular weight is 449 g/mol. The molecule has 0 saturated carbocycles. The predicted octanol–water partition coefficient (Wildman–Crippen LogP) is 4.60. The van der Waals surface area contributed by atoms with E-state index >= 15 is 0 Å². The Morgan fingerprint density at radius 1 is 1.22 bits per heavy atom. The lowest BCUT2D eigenvalue weighted by atomic mass is 10.2. The van der Waals surface area contributed by atoms with E-state index in [4.69, 9.17) is 21.7 Å². The second-order valence-electron chi connectivity index (χ2n) is 5.85. The molecule has 142 valence electrons. The van der Waals surface area contributed by atoms with E-state index in [-0.39, 0.29) is 0 Å². The standard InChI is InChI=1S/C19H21BrN4O2S/c1-3-17-22-23-19(27)24(17)21-11-14-9-15(20)18(16(10-14)25-2)26-12-13-7-5-4-6-8-13/h4-10,21H,3,11-12H2,1-2H3,(H,23,27). The zero-order valence-corrected chi connectivity index (χ0v) is 17.6. The van der Waals surface area contributed by atoms with Gasteiger partial charge in [-0.15, -0.1) is 0 Å². The fourth-order valence-corrected chi connectivity index (χ4v) is 3.46. The van der Waals surface area contributed by atoms with Crippen LogP contribution < -0.4 is 14.9 Å². The second kappa shape index (κ2) is 9.05. The number of methoxy groups -OCH3 is 1. The number of aromatic amines is 1. The van der Waals surface area contributed by atoms with Crippen LogP contribution in [0.25, 0.3) is 0 Å². The summed E-state index contributed by atoms with van der Waals surface area (Å²) in [5.74, 6) is 2.21. The number of hydrogen-bond acceptors (Lipinski definition) is 5. The third-order valence-corrected chi connectivity index (χ3v) is 4.88. The maximum Gasteiger partial charge on any atom is 0.214 e. The number of nitrogens with one attached hydrogen (secondary N) is 2. The SMILES string of the molecule is CCc1n[nH]c(=S)n1NCc1cc(Br)c(OCc2ccccc2)c(OC)c1. The zero-order chi connectivity index (χ0) is 19.2. The van der Waals surface area contributed by atoms with Gasteiger partial charge in [-0.05, 0) is 51.4 Å². The van der Waals surface area contributed by atoms with Gasteiger partial charge in [0.25, 0.3) is 0 Å². The predicted molar refractivity (Wildman–Crippen MR) is 111 cm³/mol. The van der Waals surface area contributed by atoms with Gasteiger partial charge in [0, 0.05) is 6.42 Å². The highest BCUT2D eigenvalue weighted by atomic mass is 79.9. The number of H-pyrrole nitrogens is 1. The molecule has 27 heavy (non-hydrogen) atoms. The van der Waals surface area contributed by atoms with Crippen LogP contribution in [-0.4, -0.2) is 22.0 Å². The Morgan fingerprint density at radius 3 is 2.70 bits per heavy atom. The van der Waals surface area contributed by atoms with Crippen molar-refractivity contribution < 1.29 is 9.47 Å². The van der Waals surface area contributed by atoms with Crippen LogP contribution in [0, 0.1) is 4.77 Å². The van der Waals surface area contributed by atoms with Crippen LogP contribution in [0.3, 0.4) is 0 Å². The highest BCUT2D eigenvalue weighted by Crippen LogP contribution is 2.37. The molecule has 1 aromatic heterocycles. The molecule has 3 aromatic rings. The van der Waals surface area contributed by atoms with Crippen molar-refractivity contribution in [1.29, 1.82) is 0 Å². The van der Waals surface area contributed by atoms with E-state index in [9.17, 15) is 0 Å². The Labute approximate surface area is 171 Å². The fourth-order valence-electron chi connectivity index (χ4n) is 2.65. The summed E-state index contributed by atoms with van der Waals surface area (Å²) >= 11 is 8.85. The van der Waals surface area contributed by atoms with Crippen molar-refractivity contribution in [3.63, 3.8) is 0 Å². The maximum atomic E-state index is 5.98. The first-order valence-electron chi connectivity index (χ1n) is 8.55. The van der Waals surface area contributed by atoms with Crippen molar-refractivity contribution in [2.24, 2.45) is 0 Å². The van der Waals surface area contributed by atoms with Gasteiger partial charge >= 0.3 is 0 Å². The molecular weight excluding hydrogens is 428 g/mol. The number of halogens is 1. The first-order chi connectivity index (χ1) is 13.1. The molecule has 2 aromatic carbocycles. The summed E-state index contributed by atoms with van der Waals surface area (Å²) in [6.45, 7) is 3.06. The molecule has 0 aliphatic heterocycles. The summed E-state index contributed by atoms with van der Waals surface area (Å²) in [5.41, 5.74) is 5.41. The lowest BCUT2D eigenvalue weighted by Crippen LogP contribution is -2.17. The molecule has 0 fully saturated rings. The van der Waals surface area contributed by atoms with Crippen LogP contribution in [0.15, 0.2) is 46.9 Å². The molecule has 8 heteroatoms. The van der Waals surface area contributed by atoms with Crippen LogP contribution >= 0.6 is 28.1 Å². The zero-order valence-electron chi connectivity index (χ0n) is 15.2. The molecule has 3 rings (SSSR count). The minimum absolute atomic E-state index is 0.470. The molecule has 0 atom stereocenters. The summed E-state index contributed by atoms with van der Waals surface area (Å²) < 4.78 is 14.7. The van der Waals surface area contributed by atoms with Gasteiger partial charge in [-0.1, -0.05) is 37.3 Å².